The molecule has 4 aromatic rings. The lowest BCUT2D eigenvalue weighted by molar-refractivity contribution is -0.137. The predicted molar refractivity (Wildman–Crippen MR) is 161 cm³/mol. The zero-order chi connectivity index (χ0) is 30.6. The highest BCUT2D eigenvalue weighted by atomic mass is 32.1. The van der Waals surface area contributed by atoms with E-state index in [9.17, 15) is 13.2 Å². The van der Waals surface area contributed by atoms with Gasteiger partial charge in [-0.2, -0.15) is 13.2 Å². The number of fused-ring (bicyclic) bond motifs is 1. The average Bonchev–Trinajstić information content (AvgIpc) is 3.52. The Balaban J connectivity index is 0.000000414. The molecule has 2 heterocycles. The van der Waals surface area contributed by atoms with Gasteiger partial charge in [-0.3, -0.25) is 4.79 Å². The third kappa shape index (κ3) is 10.6. The van der Waals surface area contributed by atoms with Gasteiger partial charge in [0.05, 0.1) is 16.1 Å². The van der Waals surface area contributed by atoms with Crippen molar-refractivity contribution in [3.63, 3.8) is 0 Å². The van der Waals surface area contributed by atoms with Gasteiger partial charge < -0.3 is 14.4 Å². The molecule has 1 N–H and O–H groups in total. The third-order valence-corrected chi connectivity index (χ3v) is 7.19. The summed E-state index contributed by atoms with van der Waals surface area (Å²) < 4.78 is 46.3. The summed E-state index contributed by atoms with van der Waals surface area (Å²) in [5, 5.41) is 9.22. The van der Waals surface area contributed by atoms with E-state index in [1.54, 1.807) is 0 Å². The van der Waals surface area contributed by atoms with E-state index in [0.717, 1.165) is 66.6 Å². The smallest absolute Gasteiger partial charge is 0.416 e. The van der Waals surface area contributed by atoms with E-state index >= 15 is 0 Å². The number of carboxylic acids is 1. The van der Waals surface area contributed by atoms with Crippen LogP contribution in [0, 0.1) is 6.92 Å². The summed E-state index contributed by atoms with van der Waals surface area (Å²) in [6.45, 7) is 16.0. The van der Waals surface area contributed by atoms with E-state index in [1.165, 1.54) is 34.6 Å². The molecule has 0 radical (unpaired) electrons. The van der Waals surface area contributed by atoms with Crippen LogP contribution in [0.3, 0.4) is 0 Å². The van der Waals surface area contributed by atoms with Gasteiger partial charge in [-0.15, -0.1) is 17.9 Å². The topological polar surface area (TPSA) is 64.3 Å². The highest BCUT2D eigenvalue weighted by molar-refractivity contribution is 7.15. The number of allylic oxidation sites excluding steroid dienone is 2. The maximum absolute atomic E-state index is 12.7. The van der Waals surface area contributed by atoms with Crippen molar-refractivity contribution in [2.45, 2.75) is 66.3 Å². The lowest BCUT2D eigenvalue weighted by atomic mass is 10.1. The van der Waals surface area contributed by atoms with Crippen molar-refractivity contribution >= 4 is 28.2 Å². The van der Waals surface area contributed by atoms with E-state index in [1.807, 2.05) is 31.2 Å². The van der Waals surface area contributed by atoms with Crippen molar-refractivity contribution in [2.75, 3.05) is 0 Å². The summed E-state index contributed by atoms with van der Waals surface area (Å²) >= 11 is 1.44. The summed E-state index contributed by atoms with van der Waals surface area (Å²) in [5.41, 5.74) is 3.32. The van der Waals surface area contributed by atoms with Crippen LogP contribution in [0.4, 0.5) is 13.2 Å². The number of benzene rings is 2. The quantitative estimate of drug-likeness (QED) is 0.198. The van der Waals surface area contributed by atoms with Crippen LogP contribution in [0.25, 0.3) is 21.5 Å². The highest BCUT2D eigenvalue weighted by Gasteiger charge is 2.30. The number of halogens is 3. The number of hydrogen-bond acceptors (Lipinski definition) is 4. The SMILES string of the molecule is C=CCCC(=C)CC.CC(=O)O.CCn1ccc2cc(OCc3sc(-c4ccc(C(F)(F)F)cc4)nc3C)ccc21. The number of thiazole rings is 1. The molecule has 5 nitrogen and oxygen atoms in total. The molecule has 220 valence electrons. The maximum atomic E-state index is 12.7. The zero-order valence-electron chi connectivity index (χ0n) is 23.9. The molecule has 9 heteroatoms. The van der Waals surface area contributed by atoms with Gasteiger partial charge in [0.2, 0.25) is 0 Å². The Hall–Kier alpha value is -3.85. The van der Waals surface area contributed by atoms with Gasteiger partial charge in [-0.05, 0) is 69.5 Å². The van der Waals surface area contributed by atoms with Crippen molar-refractivity contribution in [1.82, 2.24) is 9.55 Å². The first-order valence-corrected chi connectivity index (χ1v) is 14.0. The standard InChI is InChI=1S/C22H19F3N2OS.C8H14.C2H4O2/c1-3-27-11-10-16-12-18(8-9-19(16)27)28-13-20-14(2)26-21(29-20)15-4-6-17(7-5-15)22(23,24)25;1-4-6-7-8(3)5-2;1-2(3)4/h4-12H,3,13H2,1-2H3;4H,1,3,5-7H2,2H3;1H3,(H,3,4). The van der Waals surface area contributed by atoms with Gasteiger partial charge in [-0.1, -0.05) is 37.3 Å². The monoisotopic (exact) mass is 586 g/mol. The van der Waals surface area contributed by atoms with E-state index in [4.69, 9.17) is 14.6 Å². The number of carbonyl (C=O) groups is 1. The molecular weight excluding hydrogens is 549 g/mol. The van der Waals surface area contributed by atoms with Crippen LogP contribution in [0.5, 0.6) is 5.75 Å². The fourth-order valence-corrected chi connectivity index (χ4v) is 4.64. The summed E-state index contributed by atoms with van der Waals surface area (Å²) in [6, 6.07) is 13.1. The Morgan fingerprint density at radius 3 is 2.37 bits per heavy atom. The van der Waals surface area contributed by atoms with E-state index < -0.39 is 17.7 Å². The zero-order valence-corrected chi connectivity index (χ0v) is 24.7. The van der Waals surface area contributed by atoms with Gasteiger partial charge in [0.1, 0.15) is 17.4 Å². The summed E-state index contributed by atoms with van der Waals surface area (Å²) in [5.74, 6) is -0.0600. The number of nitrogens with zero attached hydrogens (tertiary/aromatic N) is 2. The minimum absolute atomic E-state index is 0.365. The largest absolute Gasteiger partial charge is 0.488 e. The minimum Gasteiger partial charge on any atom is -0.488 e. The number of aryl methyl sites for hydroxylation is 2. The number of ether oxygens (including phenoxy) is 1. The van der Waals surface area contributed by atoms with Crippen molar-refractivity contribution in [3.8, 4) is 16.3 Å². The Bertz CT molecular complexity index is 1430. The van der Waals surface area contributed by atoms with E-state index in [0.29, 0.717) is 17.2 Å². The Kier molecular flexibility index (Phi) is 12.9. The molecule has 2 aromatic carbocycles. The third-order valence-electron chi connectivity index (χ3n) is 6.01. The van der Waals surface area contributed by atoms with Crippen molar-refractivity contribution in [3.05, 3.63) is 95.7 Å². The Morgan fingerprint density at radius 2 is 1.80 bits per heavy atom. The normalized spacial score (nSPS) is 10.7. The highest BCUT2D eigenvalue weighted by Crippen LogP contribution is 2.33. The molecule has 41 heavy (non-hydrogen) atoms. The summed E-state index contributed by atoms with van der Waals surface area (Å²) in [6.07, 6.45) is 2.94. The molecule has 0 aliphatic carbocycles. The first-order valence-electron chi connectivity index (χ1n) is 13.2. The summed E-state index contributed by atoms with van der Waals surface area (Å²) in [4.78, 5) is 14.5. The fourth-order valence-electron chi connectivity index (χ4n) is 3.66. The number of hydrogen-bond donors (Lipinski definition) is 1. The molecular formula is C32H37F3N2O3S. The molecule has 0 saturated carbocycles. The number of alkyl halides is 3. The van der Waals surface area contributed by atoms with Crippen LogP contribution in [-0.4, -0.2) is 20.6 Å². The molecule has 0 spiro atoms. The number of aromatic nitrogens is 2. The fraction of sp³-hybridized carbons (Fsp3) is 0.312. The first-order chi connectivity index (χ1) is 19.4. The van der Waals surface area contributed by atoms with Crippen LogP contribution in [0.1, 0.15) is 56.2 Å². The van der Waals surface area contributed by atoms with Gasteiger partial charge in [-0.25, -0.2) is 4.98 Å². The lowest BCUT2D eigenvalue weighted by Gasteiger charge is -2.07. The van der Waals surface area contributed by atoms with Gasteiger partial charge >= 0.3 is 6.18 Å². The second-order valence-electron chi connectivity index (χ2n) is 9.16. The average molecular weight is 587 g/mol. The first kappa shape index (κ1) is 33.4. The van der Waals surface area contributed by atoms with Gasteiger partial charge in [0, 0.05) is 36.1 Å². The second kappa shape index (κ2) is 15.8. The number of rotatable bonds is 9. The number of aliphatic carboxylic acids is 1. The molecule has 0 saturated heterocycles. The predicted octanol–water partition coefficient (Wildman–Crippen LogP) is 9.70. The Morgan fingerprint density at radius 1 is 1.15 bits per heavy atom. The molecule has 2 aromatic heterocycles. The van der Waals surface area contributed by atoms with E-state index in [2.05, 4.69) is 48.8 Å². The van der Waals surface area contributed by atoms with Gasteiger partial charge in [0.25, 0.3) is 5.97 Å². The summed E-state index contributed by atoms with van der Waals surface area (Å²) in [7, 11) is 0. The molecule has 0 amide bonds. The molecule has 0 atom stereocenters. The molecule has 0 fully saturated rings. The van der Waals surface area contributed by atoms with Crippen molar-refractivity contribution < 1.29 is 27.8 Å². The van der Waals surface area contributed by atoms with Crippen LogP contribution in [-0.2, 0) is 24.1 Å². The number of carboxylic acid groups (broad SMARTS) is 1. The maximum Gasteiger partial charge on any atom is 0.416 e. The molecule has 0 unspecified atom stereocenters. The molecule has 0 aliphatic rings. The molecule has 0 aliphatic heterocycles. The van der Waals surface area contributed by atoms with E-state index in [-0.39, 0.29) is 0 Å². The van der Waals surface area contributed by atoms with Crippen LogP contribution in [0.2, 0.25) is 0 Å². The Labute approximate surface area is 243 Å². The van der Waals surface area contributed by atoms with Gasteiger partial charge in [0.15, 0.2) is 0 Å². The van der Waals surface area contributed by atoms with Crippen LogP contribution >= 0.6 is 11.3 Å². The van der Waals surface area contributed by atoms with Crippen LogP contribution in [0.15, 0.2) is 79.5 Å². The van der Waals surface area contributed by atoms with Crippen molar-refractivity contribution in [1.29, 1.82) is 0 Å². The minimum atomic E-state index is -4.34. The second-order valence-corrected chi connectivity index (χ2v) is 10.2. The van der Waals surface area contributed by atoms with Crippen LogP contribution < -0.4 is 4.74 Å². The molecule has 0 bridgehead atoms. The van der Waals surface area contributed by atoms with Crippen molar-refractivity contribution in [2.24, 2.45) is 0 Å². The molecule has 4 rings (SSSR count). The lowest BCUT2D eigenvalue weighted by Crippen LogP contribution is -2.03.